The van der Waals surface area contributed by atoms with E-state index >= 15 is 0 Å². The molecule has 84 valence electrons. The number of halogens is 1. The van der Waals surface area contributed by atoms with Gasteiger partial charge in [0.2, 0.25) is 0 Å². The van der Waals surface area contributed by atoms with E-state index < -0.39 is 0 Å². The number of benzene rings is 1. The number of thioether (sulfide) groups is 1. The van der Waals surface area contributed by atoms with Crippen LogP contribution in [0.2, 0.25) is 0 Å². The molecule has 1 atom stereocenters. The van der Waals surface area contributed by atoms with Gasteiger partial charge in [-0.15, -0.1) is 11.8 Å². The van der Waals surface area contributed by atoms with Gasteiger partial charge in [-0.2, -0.15) is 0 Å². The van der Waals surface area contributed by atoms with Crippen LogP contribution in [-0.2, 0) is 5.75 Å². The molecule has 0 aliphatic carbocycles. The third-order valence-corrected chi connectivity index (χ3v) is 3.93. The number of nitrogens with one attached hydrogen (secondary N) is 1. The van der Waals surface area contributed by atoms with Crippen LogP contribution < -0.4 is 5.32 Å². The van der Waals surface area contributed by atoms with Crippen LogP contribution in [0.3, 0.4) is 0 Å². The Morgan fingerprint density at radius 1 is 1.20 bits per heavy atom. The second-order valence-corrected chi connectivity index (χ2v) is 7.89. The first kappa shape index (κ1) is 13.2. The third kappa shape index (κ3) is 5.66. The Balaban J connectivity index is 2.49. The highest BCUT2D eigenvalue weighted by molar-refractivity contribution is 14.1. The molecule has 0 saturated heterocycles. The van der Waals surface area contributed by atoms with Gasteiger partial charge < -0.3 is 5.32 Å². The molecule has 1 aromatic rings. The van der Waals surface area contributed by atoms with Gasteiger partial charge in [-0.25, -0.2) is 0 Å². The highest BCUT2D eigenvalue weighted by Gasteiger charge is 1.99. The Bertz CT molecular complexity index is 282. The molecule has 0 spiro atoms. The smallest absolute Gasteiger partial charge is 0.0539 e. The molecule has 1 aromatic carbocycles. The summed E-state index contributed by atoms with van der Waals surface area (Å²) in [5.74, 6) is 1.10. The summed E-state index contributed by atoms with van der Waals surface area (Å²) in [6, 6.07) is 9.23. The van der Waals surface area contributed by atoms with Gasteiger partial charge in [-0.05, 0) is 38.5 Å². The first-order valence-corrected chi connectivity index (χ1v) is 7.48. The molecular formula is C12H18INS. The summed E-state index contributed by atoms with van der Waals surface area (Å²) < 4.78 is 0.677. The van der Waals surface area contributed by atoms with Crippen LogP contribution in [0.5, 0.6) is 0 Å². The molecule has 0 radical (unpaired) electrons. The molecule has 0 saturated carbocycles. The van der Waals surface area contributed by atoms with Gasteiger partial charge in [0.05, 0.1) is 3.26 Å². The van der Waals surface area contributed by atoms with Crippen molar-refractivity contribution < 1.29 is 0 Å². The minimum absolute atomic E-state index is 0.500. The Kier molecular flexibility index (Phi) is 5.82. The second-order valence-electron chi connectivity index (χ2n) is 3.85. The Hall–Kier alpha value is 0.1000. The van der Waals surface area contributed by atoms with E-state index in [9.17, 15) is 0 Å². The summed E-state index contributed by atoms with van der Waals surface area (Å²) in [7, 11) is 0. The van der Waals surface area contributed by atoms with Gasteiger partial charge >= 0.3 is 0 Å². The molecule has 0 aliphatic rings. The summed E-state index contributed by atoms with van der Waals surface area (Å²) in [5, 5.41) is 3.39. The van der Waals surface area contributed by atoms with Crippen molar-refractivity contribution in [3.63, 3.8) is 0 Å². The van der Waals surface area contributed by atoms with Crippen LogP contribution in [0, 0.1) is 0 Å². The largest absolute Gasteiger partial charge is 0.383 e. The third-order valence-electron chi connectivity index (χ3n) is 1.89. The first-order chi connectivity index (χ1) is 7.08. The zero-order valence-electron chi connectivity index (χ0n) is 9.46. The van der Waals surface area contributed by atoms with Crippen molar-refractivity contribution >= 4 is 40.0 Å². The average Bonchev–Trinajstić information content (AvgIpc) is 2.16. The lowest BCUT2D eigenvalue weighted by molar-refractivity contribution is 0.899. The van der Waals surface area contributed by atoms with Crippen LogP contribution in [0.15, 0.2) is 24.3 Å². The summed E-state index contributed by atoms with van der Waals surface area (Å²) in [6.45, 7) is 6.53. The van der Waals surface area contributed by atoms with Crippen molar-refractivity contribution in [1.29, 1.82) is 0 Å². The van der Waals surface area contributed by atoms with Crippen molar-refractivity contribution in [3.05, 3.63) is 29.8 Å². The van der Waals surface area contributed by atoms with Gasteiger partial charge in [-0.1, -0.05) is 34.7 Å². The standard InChI is InChI=1S/C12H18INS/c1-9(2)14-12-6-4-11(5-7-12)8-15-10(3)13/h4-7,9-10,14H,8H2,1-3H3. The quantitative estimate of drug-likeness (QED) is 0.627. The molecule has 0 aromatic heterocycles. The van der Waals surface area contributed by atoms with E-state index in [-0.39, 0.29) is 0 Å². The maximum absolute atomic E-state index is 3.39. The first-order valence-electron chi connectivity index (χ1n) is 5.19. The number of alkyl halides is 1. The normalized spacial score (nSPS) is 12.9. The molecule has 0 fully saturated rings. The zero-order chi connectivity index (χ0) is 11.3. The fourth-order valence-corrected chi connectivity index (χ4v) is 2.40. The molecule has 1 unspecified atom stereocenters. The molecule has 15 heavy (non-hydrogen) atoms. The van der Waals surface area contributed by atoms with Gasteiger partial charge in [0.15, 0.2) is 0 Å². The SMILES string of the molecule is CC(C)Nc1ccc(CSC(C)I)cc1. The van der Waals surface area contributed by atoms with Gasteiger partial charge in [-0.3, -0.25) is 0 Å². The molecule has 0 bridgehead atoms. The number of anilines is 1. The van der Waals surface area contributed by atoms with E-state index in [0.29, 0.717) is 9.30 Å². The van der Waals surface area contributed by atoms with Crippen molar-refractivity contribution in [1.82, 2.24) is 0 Å². The van der Waals surface area contributed by atoms with Crippen LogP contribution in [-0.4, -0.2) is 9.30 Å². The molecule has 0 aliphatic heterocycles. The summed E-state index contributed by atoms with van der Waals surface area (Å²) in [4.78, 5) is 0. The second kappa shape index (κ2) is 6.63. The van der Waals surface area contributed by atoms with E-state index in [1.54, 1.807) is 0 Å². The molecule has 1 rings (SSSR count). The minimum Gasteiger partial charge on any atom is -0.383 e. The van der Waals surface area contributed by atoms with Gasteiger partial charge in [0, 0.05) is 17.5 Å². The lowest BCUT2D eigenvalue weighted by atomic mass is 10.2. The fraction of sp³-hybridized carbons (Fsp3) is 0.500. The lowest BCUT2D eigenvalue weighted by Crippen LogP contribution is -2.09. The average molecular weight is 335 g/mol. The Morgan fingerprint density at radius 2 is 1.80 bits per heavy atom. The van der Waals surface area contributed by atoms with Gasteiger partial charge in [0.25, 0.3) is 0 Å². The van der Waals surface area contributed by atoms with Crippen molar-refractivity contribution in [2.45, 2.75) is 35.8 Å². The van der Waals surface area contributed by atoms with E-state index in [4.69, 9.17) is 0 Å². The number of hydrogen-bond donors (Lipinski definition) is 1. The maximum atomic E-state index is 3.39. The van der Waals surface area contributed by atoms with E-state index in [0.717, 1.165) is 5.75 Å². The van der Waals surface area contributed by atoms with Crippen LogP contribution in [0.4, 0.5) is 5.69 Å². The Morgan fingerprint density at radius 3 is 2.27 bits per heavy atom. The van der Waals surface area contributed by atoms with Crippen molar-refractivity contribution in [3.8, 4) is 0 Å². The van der Waals surface area contributed by atoms with E-state index in [1.807, 2.05) is 11.8 Å². The molecular weight excluding hydrogens is 317 g/mol. The highest BCUT2D eigenvalue weighted by Crippen LogP contribution is 2.22. The summed E-state index contributed by atoms with van der Waals surface area (Å²) in [6.07, 6.45) is 0. The molecule has 1 nitrogen and oxygen atoms in total. The predicted molar refractivity (Wildman–Crippen MR) is 80.0 cm³/mol. The van der Waals surface area contributed by atoms with Crippen molar-refractivity contribution in [2.75, 3.05) is 5.32 Å². The monoisotopic (exact) mass is 335 g/mol. The summed E-state index contributed by atoms with van der Waals surface area (Å²) in [5.41, 5.74) is 2.61. The van der Waals surface area contributed by atoms with Crippen LogP contribution in [0.1, 0.15) is 26.3 Å². The molecule has 0 amide bonds. The Labute approximate surface area is 111 Å². The molecule has 1 N–H and O–H groups in total. The summed E-state index contributed by atoms with van der Waals surface area (Å²) >= 11 is 4.41. The highest BCUT2D eigenvalue weighted by atomic mass is 127. The van der Waals surface area contributed by atoms with Crippen molar-refractivity contribution in [2.24, 2.45) is 0 Å². The minimum atomic E-state index is 0.500. The lowest BCUT2D eigenvalue weighted by Gasteiger charge is -2.10. The van der Waals surface area contributed by atoms with E-state index in [1.165, 1.54) is 11.3 Å². The maximum Gasteiger partial charge on any atom is 0.0539 e. The molecule has 3 heteroatoms. The fourth-order valence-electron chi connectivity index (χ4n) is 1.24. The van der Waals surface area contributed by atoms with E-state index in [2.05, 4.69) is 72.9 Å². The molecule has 0 heterocycles. The van der Waals surface area contributed by atoms with Crippen LogP contribution in [0.25, 0.3) is 0 Å². The predicted octanol–water partition coefficient (Wildman–Crippen LogP) is 4.52. The van der Waals surface area contributed by atoms with Crippen LogP contribution >= 0.6 is 34.4 Å². The van der Waals surface area contributed by atoms with Gasteiger partial charge in [0.1, 0.15) is 0 Å². The zero-order valence-corrected chi connectivity index (χ0v) is 12.4. The topological polar surface area (TPSA) is 12.0 Å². The number of rotatable bonds is 5. The number of hydrogen-bond acceptors (Lipinski definition) is 2.